The summed E-state index contributed by atoms with van der Waals surface area (Å²) in [5.41, 5.74) is 2.55. The number of nitrogens with one attached hydrogen (secondary N) is 1. The first kappa shape index (κ1) is 15.7. The molecule has 1 amide bonds. The van der Waals surface area contributed by atoms with Crippen LogP contribution in [0.25, 0.3) is 0 Å². The van der Waals surface area contributed by atoms with Gasteiger partial charge < -0.3 is 10.1 Å². The highest BCUT2D eigenvalue weighted by Gasteiger charge is 2.23. The third-order valence-electron chi connectivity index (χ3n) is 3.23. The summed E-state index contributed by atoms with van der Waals surface area (Å²) in [7, 11) is 1.31. The van der Waals surface area contributed by atoms with Crippen LogP contribution >= 0.6 is 0 Å². The quantitative estimate of drug-likeness (QED) is 0.857. The van der Waals surface area contributed by atoms with E-state index in [9.17, 15) is 9.59 Å². The fourth-order valence-electron chi connectivity index (χ4n) is 2.14. The average molecular weight is 298 g/mol. The van der Waals surface area contributed by atoms with Crippen LogP contribution in [0.15, 0.2) is 48.8 Å². The van der Waals surface area contributed by atoms with E-state index >= 15 is 0 Å². The van der Waals surface area contributed by atoms with Gasteiger partial charge in [-0.2, -0.15) is 0 Å². The number of rotatable bonds is 5. The molecule has 0 aliphatic carbocycles. The minimum Gasteiger partial charge on any atom is -0.467 e. The standard InChI is InChI=1S/C17H18N2O3/c1-12-4-3-5-14(10-12)16(17(21)22-2)19-15(20)11-13-6-8-18-9-7-13/h3-10,16H,11H2,1-2H3,(H,19,20)/t16-/m1/s1. The third kappa shape index (κ3) is 4.15. The number of hydrogen-bond donors (Lipinski definition) is 1. The van der Waals surface area contributed by atoms with E-state index in [0.717, 1.165) is 11.1 Å². The Bertz CT molecular complexity index is 656. The van der Waals surface area contributed by atoms with E-state index in [2.05, 4.69) is 10.3 Å². The van der Waals surface area contributed by atoms with Gasteiger partial charge in [-0.25, -0.2) is 4.79 Å². The first-order valence-electron chi connectivity index (χ1n) is 6.93. The lowest BCUT2D eigenvalue weighted by atomic mass is 10.0. The van der Waals surface area contributed by atoms with Crippen molar-refractivity contribution in [2.24, 2.45) is 0 Å². The molecule has 0 fully saturated rings. The van der Waals surface area contributed by atoms with Crippen LogP contribution in [-0.4, -0.2) is 24.0 Å². The predicted molar refractivity (Wildman–Crippen MR) is 82.0 cm³/mol. The summed E-state index contributed by atoms with van der Waals surface area (Å²) in [5.74, 6) is -0.739. The summed E-state index contributed by atoms with van der Waals surface area (Å²) in [6, 6.07) is 10.1. The van der Waals surface area contributed by atoms with Gasteiger partial charge in [-0.05, 0) is 30.2 Å². The van der Waals surface area contributed by atoms with E-state index in [1.165, 1.54) is 7.11 Å². The maximum Gasteiger partial charge on any atom is 0.333 e. The number of aromatic nitrogens is 1. The zero-order valence-electron chi connectivity index (χ0n) is 12.6. The van der Waals surface area contributed by atoms with Crippen molar-refractivity contribution in [2.45, 2.75) is 19.4 Å². The van der Waals surface area contributed by atoms with E-state index < -0.39 is 12.0 Å². The first-order chi connectivity index (χ1) is 10.6. The third-order valence-corrected chi connectivity index (χ3v) is 3.23. The number of esters is 1. The van der Waals surface area contributed by atoms with Gasteiger partial charge in [-0.15, -0.1) is 0 Å². The van der Waals surface area contributed by atoms with Crippen molar-refractivity contribution in [1.82, 2.24) is 10.3 Å². The van der Waals surface area contributed by atoms with Crippen molar-refractivity contribution in [3.8, 4) is 0 Å². The fourth-order valence-corrected chi connectivity index (χ4v) is 2.14. The van der Waals surface area contributed by atoms with E-state index in [4.69, 9.17) is 4.74 Å². The van der Waals surface area contributed by atoms with Crippen LogP contribution in [0.3, 0.4) is 0 Å². The molecule has 1 heterocycles. The Morgan fingerprint density at radius 3 is 2.59 bits per heavy atom. The van der Waals surface area contributed by atoms with Gasteiger partial charge >= 0.3 is 5.97 Å². The molecule has 0 radical (unpaired) electrons. The topological polar surface area (TPSA) is 68.3 Å². The molecule has 0 aliphatic heterocycles. The van der Waals surface area contributed by atoms with Crippen molar-refractivity contribution in [3.63, 3.8) is 0 Å². The lowest BCUT2D eigenvalue weighted by molar-refractivity contribution is -0.145. The zero-order chi connectivity index (χ0) is 15.9. The molecular weight excluding hydrogens is 280 g/mol. The molecule has 5 nitrogen and oxygen atoms in total. The number of pyridine rings is 1. The first-order valence-corrected chi connectivity index (χ1v) is 6.93. The molecule has 0 bridgehead atoms. The number of nitrogens with zero attached hydrogens (tertiary/aromatic N) is 1. The molecule has 22 heavy (non-hydrogen) atoms. The van der Waals surface area contributed by atoms with Crippen LogP contribution in [0.4, 0.5) is 0 Å². The molecule has 1 atom stereocenters. The molecule has 2 rings (SSSR count). The Kier molecular flexibility index (Phi) is 5.25. The van der Waals surface area contributed by atoms with Gasteiger partial charge in [0.25, 0.3) is 0 Å². The van der Waals surface area contributed by atoms with Crippen molar-refractivity contribution in [1.29, 1.82) is 0 Å². The number of benzene rings is 1. The number of carbonyl (C=O) groups is 2. The highest BCUT2D eigenvalue weighted by atomic mass is 16.5. The molecule has 2 aromatic rings. The summed E-state index contributed by atoms with van der Waals surface area (Å²) in [6.07, 6.45) is 3.43. The Morgan fingerprint density at radius 2 is 1.95 bits per heavy atom. The van der Waals surface area contributed by atoms with Crippen LogP contribution < -0.4 is 5.32 Å². The molecule has 0 spiro atoms. The number of amides is 1. The fraction of sp³-hybridized carbons (Fsp3) is 0.235. The Hall–Kier alpha value is -2.69. The molecule has 114 valence electrons. The van der Waals surface area contributed by atoms with Gasteiger partial charge in [0.2, 0.25) is 5.91 Å². The van der Waals surface area contributed by atoms with Gasteiger partial charge in [0, 0.05) is 12.4 Å². The summed E-state index contributed by atoms with van der Waals surface area (Å²) in [4.78, 5) is 28.0. The zero-order valence-corrected chi connectivity index (χ0v) is 12.6. The molecule has 5 heteroatoms. The molecule has 0 saturated carbocycles. The van der Waals surface area contributed by atoms with E-state index in [1.54, 1.807) is 30.6 Å². The number of carbonyl (C=O) groups excluding carboxylic acids is 2. The average Bonchev–Trinajstić information content (AvgIpc) is 2.53. The highest BCUT2D eigenvalue weighted by molar-refractivity contribution is 5.86. The van der Waals surface area contributed by atoms with Crippen molar-refractivity contribution >= 4 is 11.9 Å². The lowest BCUT2D eigenvalue weighted by Gasteiger charge is -2.17. The van der Waals surface area contributed by atoms with Gasteiger partial charge in [-0.3, -0.25) is 9.78 Å². The van der Waals surface area contributed by atoms with Crippen LogP contribution in [0.5, 0.6) is 0 Å². The summed E-state index contributed by atoms with van der Waals surface area (Å²) >= 11 is 0. The second kappa shape index (κ2) is 7.36. The predicted octanol–water partition coefficient (Wildman–Crippen LogP) is 1.96. The SMILES string of the molecule is COC(=O)[C@H](NC(=O)Cc1ccncc1)c1cccc(C)c1. The minimum atomic E-state index is -0.806. The second-order valence-electron chi connectivity index (χ2n) is 4.97. The van der Waals surface area contributed by atoms with Crippen LogP contribution in [0.2, 0.25) is 0 Å². The molecule has 0 aliphatic rings. The monoisotopic (exact) mass is 298 g/mol. The Balaban J connectivity index is 2.13. The molecule has 1 N–H and O–H groups in total. The molecule has 0 saturated heterocycles. The van der Waals surface area contributed by atoms with E-state index in [0.29, 0.717) is 5.56 Å². The molecule has 1 aromatic carbocycles. The van der Waals surface area contributed by atoms with Gasteiger partial charge in [0.05, 0.1) is 13.5 Å². The number of aryl methyl sites for hydroxylation is 1. The molecule has 0 unspecified atom stereocenters. The normalized spacial score (nSPS) is 11.5. The van der Waals surface area contributed by atoms with E-state index in [1.807, 2.05) is 25.1 Å². The summed E-state index contributed by atoms with van der Waals surface area (Å²) in [5, 5.41) is 2.73. The van der Waals surface area contributed by atoms with Crippen LogP contribution in [-0.2, 0) is 20.7 Å². The van der Waals surface area contributed by atoms with E-state index in [-0.39, 0.29) is 12.3 Å². The largest absolute Gasteiger partial charge is 0.467 e. The van der Waals surface area contributed by atoms with Gasteiger partial charge in [-0.1, -0.05) is 29.8 Å². The van der Waals surface area contributed by atoms with Gasteiger partial charge in [0.1, 0.15) is 0 Å². The highest BCUT2D eigenvalue weighted by Crippen LogP contribution is 2.16. The maximum absolute atomic E-state index is 12.2. The van der Waals surface area contributed by atoms with Gasteiger partial charge in [0.15, 0.2) is 6.04 Å². The van der Waals surface area contributed by atoms with Crippen molar-refractivity contribution in [2.75, 3.05) is 7.11 Å². The van der Waals surface area contributed by atoms with Crippen molar-refractivity contribution < 1.29 is 14.3 Å². The van der Waals surface area contributed by atoms with Crippen LogP contribution in [0.1, 0.15) is 22.7 Å². The van der Waals surface area contributed by atoms with Crippen molar-refractivity contribution in [3.05, 3.63) is 65.5 Å². The molecule has 1 aromatic heterocycles. The smallest absolute Gasteiger partial charge is 0.333 e. The van der Waals surface area contributed by atoms with Crippen LogP contribution in [0, 0.1) is 6.92 Å². The molecular formula is C17H18N2O3. The number of ether oxygens (including phenoxy) is 1. The second-order valence-corrected chi connectivity index (χ2v) is 4.97. The Morgan fingerprint density at radius 1 is 1.23 bits per heavy atom. The summed E-state index contributed by atoms with van der Waals surface area (Å²) < 4.78 is 4.79. The minimum absolute atomic E-state index is 0.182. The number of hydrogen-bond acceptors (Lipinski definition) is 4. The lowest BCUT2D eigenvalue weighted by Crippen LogP contribution is -2.35. The summed E-state index contributed by atoms with van der Waals surface area (Å²) in [6.45, 7) is 1.93. The maximum atomic E-state index is 12.2. The Labute approximate surface area is 129 Å². The number of methoxy groups -OCH3 is 1.